The zero-order chi connectivity index (χ0) is 19.5. The second kappa shape index (κ2) is 7.56. The van der Waals surface area contributed by atoms with E-state index in [1.807, 2.05) is 91.3 Å². The van der Waals surface area contributed by atoms with Gasteiger partial charge in [-0.3, -0.25) is 4.79 Å². The Hall–Kier alpha value is -3.60. The Morgan fingerprint density at radius 3 is 2.50 bits per heavy atom. The molecule has 0 unspecified atom stereocenters. The van der Waals surface area contributed by atoms with Crippen LogP contribution in [-0.4, -0.2) is 21.9 Å². The van der Waals surface area contributed by atoms with Crippen LogP contribution in [0.5, 0.6) is 5.75 Å². The van der Waals surface area contributed by atoms with E-state index in [9.17, 15) is 4.79 Å². The number of hydrogen-bond donors (Lipinski definition) is 1. The number of amides is 1. The predicted molar refractivity (Wildman–Crippen MR) is 111 cm³/mol. The van der Waals surface area contributed by atoms with Crippen molar-refractivity contribution < 1.29 is 9.53 Å². The predicted octanol–water partition coefficient (Wildman–Crippen LogP) is 4.64. The van der Waals surface area contributed by atoms with Crippen LogP contribution >= 0.6 is 0 Å². The van der Waals surface area contributed by atoms with E-state index in [-0.39, 0.29) is 12.5 Å². The summed E-state index contributed by atoms with van der Waals surface area (Å²) in [6.07, 6.45) is 3.99. The van der Waals surface area contributed by atoms with Gasteiger partial charge in [0, 0.05) is 23.6 Å². The summed E-state index contributed by atoms with van der Waals surface area (Å²) in [7, 11) is 0. The lowest BCUT2D eigenvalue weighted by Gasteiger charge is -2.09. The average Bonchev–Trinajstić information content (AvgIpc) is 3.14. The topological polar surface area (TPSA) is 55.6 Å². The molecule has 0 saturated carbocycles. The first-order valence-electron chi connectivity index (χ1n) is 9.13. The van der Waals surface area contributed by atoms with E-state index in [2.05, 4.69) is 5.32 Å². The number of ether oxygens (including phenoxy) is 1. The van der Waals surface area contributed by atoms with Crippen LogP contribution in [0.25, 0.3) is 16.9 Å². The van der Waals surface area contributed by atoms with Gasteiger partial charge < -0.3 is 14.5 Å². The molecule has 0 radical (unpaired) electrons. The van der Waals surface area contributed by atoms with Crippen molar-refractivity contribution in [2.45, 2.75) is 13.8 Å². The summed E-state index contributed by atoms with van der Waals surface area (Å²) in [5.41, 5.74) is 5.70. The Morgan fingerprint density at radius 2 is 1.75 bits per heavy atom. The molecule has 2 aromatic heterocycles. The third-order valence-corrected chi connectivity index (χ3v) is 4.59. The quantitative estimate of drug-likeness (QED) is 0.556. The van der Waals surface area contributed by atoms with Gasteiger partial charge in [-0.25, -0.2) is 4.98 Å². The van der Waals surface area contributed by atoms with Gasteiger partial charge in [0.1, 0.15) is 11.4 Å². The number of nitrogens with one attached hydrogen (secondary N) is 1. The minimum Gasteiger partial charge on any atom is -0.483 e. The molecule has 0 bridgehead atoms. The van der Waals surface area contributed by atoms with Crippen LogP contribution in [-0.2, 0) is 4.79 Å². The Bertz CT molecular complexity index is 1130. The molecule has 28 heavy (non-hydrogen) atoms. The molecule has 140 valence electrons. The van der Waals surface area contributed by atoms with Gasteiger partial charge in [0.05, 0.1) is 5.69 Å². The van der Waals surface area contributed by atoms with Crippen LogP contribution in [0.4, 0.5) is 5.69 Å². The van der Waals surface area contributed by atoms with E-state index < -0.39 is 0 Å². The molecule has 1 N–H and O–H groups in total. The van der Waals surface area contributed by atoms with Crippen molar-refractivity contribution in [2.75, 3.05) is 11.9 Å². The van der Waals surface area contributed by atoms with Gasteiger partial charge in [0.15, 0.2) is 6.61 Å². The lowest BCUT2D eigenvalue weighted by molar-refractivity contribution is -0.118. The zero-order valence-corrected chi connectivity index (χ0v) is 15.8. The van der Waals surface area contributed by atoms with Crippen molar-refractivity contribution in [1.82, 2.24) is 9.38 Å². The van der Waals surface area contributed by atoms with E-state index >= 15 is 0 Å². The highest BCUT2D eigenvalue weighted by molar-refractivity contribution is 5.92. The summed E-state index contributed by atoms with van der Waals surface area (Å²) in [5, 5.41) is 2.86. The molecule has 4 rings (SSSR count). The number of fused-ring (bicyclic) bond motifs is 1. The fourth-order valence-corrected chi connectivity index (χ4v) is 3.08. The summed E-state index contributed by atoms with van der Waals surface area (Å²) in [6.45, 7) is 3.97. The molecule has 0 aliphatic heterocycles. The Kier molecular flexibility index (Phi) is 4.81. The highest BCUT2D eigenvalue weighted by Crippen LogP contribution is 2.22. The molecule has 1 amide bonds. The maximum atomic E-state index is 12.2. The van der Waals surface area contributed by atoms with Crippen molar-refractivity contribution >= 4 is 17.2 Å². The summed E-state index contributed by atoms with van der Waals surface area (Å²) in [5.74, 6) is 0.523. The largest absolute Gasteiger partial charge is 0.483 e. The molecular formula is C23H21N3O2. The lowest BCUT2D eigenvalue weighted by atomic mass is 10.1. The van der Waals surface area contributed by atoms with Gasteiger partial charge in [0.2, 0.25) is 0 Å². The van der Waals surface area contributed by atoms with Gasteiger partial charge in [0.25, 0.3) is 5.91 Å². The van der Waals surface area contributed by atoms with E-state index in [1.54, 1.807) is 0 Å². The number of anilines is 1. The first kappa shape index (κ1) is 17.8. The second-order valence-electron chi connectivity index (χ2n) is 6.73. The number of carbonyl (C=O) groups excluding carboxylic acids is 1. The Morgan fingerprint density at radius 1 is 1.00 bits per heavy atom. The molecule has 0 spiro atoms. The molecule has 0 aliphatic rings. The Balaban J connectivity index is 1.42. The zero-order valence-electron chi connectivity index (χ0n) is 15.8. The molecule has 0 saturated heterocycles. The molecule has 2 heterocycles. The summed E-state index contributed by atoms with van der Waals surface area (Å²) in [4.78, 5) is 16.9. The average molecular weight is 371 g/mol. The number of imidazole rings is 1. The van der Waals surface area contributed by atoms with Crippen LogP contribution in [0.3, 0.4) is 0 Å². The molecule has 4 aromatic rings. The van der Waals surface area contributed by atoms with Gasteiger partial charge in [-0.2, -0.15) is 0 Å². The maximum Gasteiger partial charge on any atom is 0.262 e. The normalized spacial score (nSPS) is 10.8. The number of pyridine rings is 1. The molecule has 5 heteroatoms. The van der Waals surface area contributed by atoms with Gasteiger partial charge >= 0.3 is 0 Å². The first-order chi connectivity index (χ1) is 13.6. The van der Waals surface area contributed by atoms with Crippen molar-refractivity contribution in [1.29, 1.82) is 0 Å². The van der Waals surface area contributed by atoms with E-state index in [0.29, 0.717) is 0 Å². The highest BCUT2D eigenvalue weighted by atomic mass is 16.5. The second-order valence-corrected chi connectivity index (χ2v) is 6.73. The lowest BCUT2D eigenvalue weighted by Crippen LogP contribution is -2.20. The fourth-order valence-electron chi connectivity index (χ4n) is 3.08. The minimum absolute atomic E-state index is 0.0294. The smallest absolute Gasteiger partial charge is 0.262 e. The summed E-state index contributed by atoms with van der Waals surface area (Å²) >= 11 is 0. The third kappa shape index (κ3) is 3.74. The van der Waals surface area contributed by atoms with E-state index in [0.717, 1.165) is 39.5 Å². The number of hydrogen-bond acceptors (Lipinski definition) is 3. The number of carbonyl (C=O) groups is 1. The monoisotopic (exact) mass is 371 g/mol. The molecule has 0 aliphatic carbocycles. The fraction of sp³-hybridized carbons (Fsp3) is 0.130. The molecule has 2 aromatic carbocycles. The first-order valence-corrected chi connectivity index (χ1v) is 9.13. The van der Waals surface area contributed by atoms with Crippen LogP contribution in [0.2, 0.25) is 0 Å². The van der Waals surface area contributed by atoms with Crippen molar-refractivity contribution in [3.05, 3.63) is 84.2 Å². The van der Waals surface area contributed by atoms with Crippen LogP contribution in [0.1, 0.15) is 11.1 Å². The minimum atomic E-state index is -0.195. The van der Waals surface area contributed by atoms with Gasteiger partial charge in [-0.05, 0) is 49.2 Å². The molecular weight excluding hydrogens is 350 g/mol. The summed E-state index contributed by atoms with van der Waals surface area (Å²) < 4.78 is 7.60. The van der Waals surface area contributed by atoms with Crippen LogP contribution in [0, 0.1) is 13.8 Å². The number of nitrogens with zero attached hydrogens (tertiary/aromatic N) is 2. The molecule has 0 fully saturated rings. The van der Waals surface area contributed by atoms with Gasteiger partial charge in [-0.15, -0.1) is 0 Å². The number of rotatable bonds is 5. The SMILES string of the molecule is Cc1ccccc1OCC(=O)Nc1ccc(-c2cn3cccc(C)c3n2)cc1. The van der Waals surface area contributed by atoms with Crippen LogP contribution in [0.15, 0.2) is 73.1 Å². The van der Waals surface area contributed by atoms with Crippen molar-refractivity contribution in [3.8, 4) is 17.0 Å². The van der Waals surface area contributed by atoms with Crippen LogP contribution < -0.4 is 10.1 Å². The number of aromatic nitrogens is 2. The standard InChI is InChI=1S/C23H21N3O2/c1-16-6-3-4-8-21(16)28-15-22(27)24-19-11-9-18(10-12-19)20-14-26-13-5-7-17(2)23(26)25-20/h3-14H,15H2,1-2H3,(H,24,27). The highest BCUT2D eigenvalue weighted by Gasteiger charge is 2.08. The van der Waals surface area contributed by atoms with Crippen molar-refractivity contribution in [3.63, 3.8) is 0 Å². The van der Waals surface area contributed by atoms with E-state index in [1.165, 1.54) is 0 Å². The van der Waals surface area contributed by atoms with Gasteiger partial charge in [-0.1, -0.05) is 36.4 Å². The maximum absolute atomic E-state index is 12.2. The number of benzene rings is 2. The molecule has 0 atom stereocenters. The summed E-state index contributed by atoms with van der Waals surface area (Å²) in [6, 6.07) is 19.3. The Labute approximate surface area is 163 Å². The van der Waals surface area contributed by atoms with E-state index in [4.69, 9.17) is 9.72 Å². The third-order valence-electron chi connectivity index (χ3n) is 4.59. The number of aryl methyl sites for hydroxylation is 2. The van der Waals surface area contributed by atoms with Crippen molar-refractivity contribution in [2.24, 2.45) is 0 Å². The number of para-hydroxylation sites is 1. The molecule has 5 nitrogen and oxygen atoms in total.